The number of nitrogens with zero attached hydrogens (tertiary/aromatic N) is 1. The number of nitro groups is 1. The van der Waals surface area contributed by atoms with Gasteiger partial charge in [0.15, 0.2) is 0 Å². The Labute approximate surface area is 112 Å². The van der Waals surface area contributed by atoms with Crippen molar-refractivity contribution in [3.63, 3.8) is 0 Å². The normalized spacial score (nSPS) is 18.2. The van der Waals surface area contributed by atoms with Gasteiger partial charge >= 0.3 is 0 Å². The molecule has 0 aliphatic heterocycles. The maximum Gasteiger partial charge on any atom is 0.269 e. The zero-order valence-corrected chi connectivity index (χ0v) is 11.0. The maximum atomic E-state index is 10.5. The summed E-state index contributed by atoms with van der Waals surface area (Å²) in [4.78, 5) is 10.1. The Morgan fingerprint density at radius 2 is 1.84 bits per heavy atom. The van der Waals surface area contributed by atoms with Crippen molar-refractivity contribution in [3.05, 3.63) is 39.9 Å². The third kappa shape index (κ3) is 4.01. The monoisotopic (exact) mass is 264 g/mol. The third-order valence-electron chi connectivity index (χ3n) is 3.71. The number of benzene rings is 1. The number of non-ortho nitro benzene ring substituents is 1. The van der Waals surface area contributed by atoms with Gasteiger partial charge in [-0.05, 0) is 18.4 Å². The van der Waals surface area contributed by atoms with E-state index < -0.39 is 10.5 Å². The summed E-state index contributed by atoms with van der Waals surface area (Å²) in [5.74, 6) is 0. The fourth-order valence-corrected chi connectivity index (χ4v) is 2.56. The number of nitro benzene ring substituents is 1. The van der Waals surface area contributed by atoms with E-state index in [1.807, 2.05) is 0 Å². The number of nitrogens with one attached hydrogen (secondary N) is 1. The van der Waals surface area contributed by atoms with Crippen molar-refractivity contribution in [2.75, 3.05) is 6.54 Å². The fourth-order valence-electron chi connectivity index (χ4n) is 2.56. The minimum Gasteiger partial charge on any atom is -0.389 e. The highest BCUT2D eigenvalue weighted by Crippen LogP contribution is 2.27. The molecule has 0 amide bonds. The van der Waals surface area contributed by atoms with E-state index in [9.17, 15) is 15.2 Å². The third-order valence-corrected chi connectivity index (χ3v) is 3.71. The lowest BCUT2D eigenvalue weighted by Gasteiger charge is -2.32. The smallest absolute Gasteiger partial charge is 0.269 e. The molecule has 0 saturated heterocycles. The molecule has 0 spiro atoms. The fraction of sp³-hybridized carbons (Fsp3) is 0.571. The topological polar surface area (TPSA) is 75.4 Å². The summed E-state index contributed by atoms with van der Waals surface area (Å²) in [5.41, 5.74) is 0.527. The van der Waals surface area contributed by atoms with Crippen LogP contribution < -0.4 is 5.32 Å². The number of rotatable bonds is 5. The van der Waals surface area contributed by atoms with Gasteiger partial charge in [0, 0.05) is 25.2 Å². The number of hydrogen-bond donors (Lipinski definition) is 2. The molecular formula is C14H20N2O3. The van der Waals surface area contributed by atoms with Crippen molar-refractivity contribution in [1.29, 1.82) is 0 Å². The van der Waals surface area contributed by atoms with Crippen molar-refractivity contribution >= 4 is 5.69 Å². The van der Waals surface area contributed by atoms with Gasteiger partial charge in [0.1, 0.15) is 0 Å². The molecule has 1 saturated carbocycles. The molecule has 1 aromatic carbocycles. The summed E-state index contributed by atoms with van der Waals surface area (Å²) in [6, 6.07) is 6.50. The van der Waals surface area contributed by atoms with Crippen molar-refractivity contribution in [1.82, 2.24) is 5.32 Å². The quantitative estimate of drug-likeness (QED) is 0.632. The van der Waals surface area contributed by atoms with Gasteiger partial charge in [-0.15, -0.1) is 0 Å². The number of aliphatic hydroxyl groups is 1. The predicted molar refractivity (Wildman–Crippen MR) is 72.8 cm³/mol. The first-order valence-electron chi connectivity index (χ1n) is 6.76. The first-order valence-corrected chi connectivity index (χ1v) is 6.76. The van der Waals surface area contributed by atoms with E-state index >= 15 is 0 Å². The second-order valence-electron chi connectivity index (χ2n) is 5.31. The molecule has 0 atom stereocenters. The molecule has 0 radical (unpaired) electrons. The van der Waals surface area contributed by atoms with E-state index in [1.165, 1.54) is 18.6 Å². The SMILES string of the molecule is O=[N+]([O-])c1ccc(CNCC2(O)CCCCC2)cc1. The first kappa shape index (κ1) is 14.0. The Kier molecular flexibility index (Phi) is 4.50. The highest BCUT2D eigenvalue weighted by atomic mass is 16.6. The standard InChI is InChI=1S/C14H20N2O3/c17-14(8-2-1-3-9-14)11-15-10-12-4-6-13(7-5-12)16(18)19/h4-7,15,17H,1-3,8-11H2. The lowest BCUT2D eigenvalue weighted by molar-refractivity contribution is -0.384. The van der Waals surface area contributed by atoms with Gasteiger partial charge in [0.25, 0.3) is 5.69 Å². The lowest BCUT2D eigenvalue weighted by Crippen LogP contribution is -2.41. The van der Waals surface area contributed by atoms with Gasteiger partial charge in [0.2, 0.25) is 0 Å². The van der Waals surface area contributed by atoms with Crippen LogP contribution in [-0.4, -0.2) is 22.2 Å². The summed E-state index contributed by atoms with van der Waals surface area (Å²) >= 11 is 0. The van der Waals surface area contributed by atoms with Gasteiger partial charge < -0.3 is 10.4 Å². The molecule has 0 heterocycles. The molecule has 19 heavy (non-hydrogen) atoms. The predicted octanol–water partition coefficient (Wildman–Crippen LogP) is 2.38. The van der Waals surface area contributed by atoms with Gasteiger partial charge in [0.05, 0.1) is 10.5 Å². The van der Waals surface area contributed by atoms with Crippen LogP contribution in [-0.2, 0) is 6.54 Å². The molecule has 5 heteroatoms. The minimum atomic E-state index is -0.570. The van der Waals surface area contributed by atoms with Crippen molar-refractivity contribution in [3.8, 4) is 0 Å². The Hall–Kier alpha value is -1.46. The molecule has 1 aliphatic carbocycles. The van der Waals surface area contributed by atoms with E-state index in [1.54, 1.807) is 12.1 Å². The minimum absolute atomic E-state index is 0.106. The summed E-state index contributed by atoms with van der Waals surface area (Å²) in [7, 11) is 0. The van der Waals surface area contributed by atoms with Crippen LogP contribution in [0.5, 0.6) is 0 Å². The van der Waals surface area contributed by atoms with Crippen LogP contribution in [0.1, 0.15) is 37.7 Å². The molecular weight excluding hydrogens is 244 g/mol. The second-order valence-corrected chi connectivity index (χ2v) is 5.31. The van der Waals surface area contributed by atoms with Gasteiger partial charge in [-0.1, -0.05) is 31.4 Å². The van der Waals surface area contributed by atoms with E-state index in [0.29, 0.717) is 13.1 Å². The van der Waals surface area contributed by atoms with Crippen LogP contribution in [0.25, 0.3) is 0 Å². The highest BCUT2D eigenvalue weighted by Gasteiger charge is 2.28. The Balaban J connectivity index is 1.80. The van der Waals surface area contributed by atoms with E-state index in [2.05, 4.69) is 5.32 Å². The van der Waals surface area contributed by atoms with Crippen LogP contribution in [0.4, 0.5) is 5.69 Å². The molecule has 2 N–H and O–H groups in total. The van der Waals surface area contributed by atoms with Crippen LogP contribution in [0.2, 0.25) is 0 Å². The molecule has 0 bridgehead atoms. The maximum absolute atomic E-state index is 10.5. The summed E-state index contributed by atoms with van der Waals surface area (Å²) in [5, 5.41) is 24.1. The molecule has 1 fully saturated rings. The zero-order chi connectivity index (χ0) is 13.7. The summed E-state index contributed by atoms with van der Waals surface area (Å²) < 4.78 is 0. The second kappa shape index (κ2) is 6.12. The summed E-state index contributed by atoms with van der Waals surface area (Å²) in [6.07, 6.45) is 5.12. The van der Waals surface area contributed by atoms with E-state index in [0.717, 1.165) is 31.2 Å². The highest BCUT2D eigenvalue weighted by molar-refractivity contribution is 5.32. The first-order chi connectivity index (χ1) is 9.09. The average molecular weight is 264 g/mol. The Morgan fingerprint density at radius 1 is 1.21 bits per heavy atom. The largest absolute Gasteiger partial charge is 0.389 e. The Bertz CT molecular complexity index is 425. The molecule has 104 valence electrons. The summed E-state index contributed by atoms with van der Waals surface area (Å²) in [6.45, 7) is 1.21. The van der Waals surface area contributed by atoms with Crippen LogP contribution >= 0.6 is 0 Å². The van der Waals surface area contributed by atoms with Crippen molar-refractivity contribution in [2.45, 2.75) is 44.2 Å². The zero-order valence-electron chi connectivity index (χ0n) is 11.0. The van der Waals surface area contributed by atoms with E-state index in [4.69, 9.17) is 0 Å². The van der Waals surface area contributed by atoms with Gasteiger partial charge in [-0.25, -0.2) is 0 Å². The van der Waals surface area contributed by atoms with Crippen molar-refractivity contribution in [2.24, 2.45) is 0 Å². The molecule has 0 unspecified atom stereocenters. The van der Waals surface area contributed by atoms with E-state index in [-0.39, 0.29) is 5.69 Å². The molecule has 2 rings (SSSR count). The molecule has 5 nitrogen and oxygen atoms in total. The molecule has 1 aliphatic rings. The van der Waals surface area contributed by atoms with Crippen LogP contribution in [0.3, 0.4) is 0 Å². The lowest BCUT2D eigenvalue weighted by atomic mass is 9.85. The average Bonchev–Trinajstić information content (AvgIpc) is 2.40. The van der Waals surface area contributed by atoms with Crippen LogP contribution in [0, 0.1) is 10.1 Å². The molecule has 0 aromatic heterocycles. The number of hydrogen-bond acceptors (Lipinski definition) is 4. The van der Waals surface area contributed by atoms with Crippen LogP contribution in [0.15, 0.2) is 24.3 Å². The van der Waals surface area contributed by atoms with Gasteiger partial charge in [-0.3, -0.25) is 10.1 Å². The molecule has 1 aromatic rings. The van der Waals surface area contributed by atoms with Gasteiger partial charge in [-0.2, -0.15) is 0 Å². The van der Waals surface area contributed by atoms with Crippen molar-refractivity contribution < 1.29 is 10.0 Å². The Morgan fingerprint density at radius 3 is 2.42 bits per heavy atom.